The van der Waals surface area contributed by atoms with Crippen LogP contribution in [0.4, 0.5) is 0 Å². The highest BCUT2D eigenvalue weighted by molar-refractivity contribution is 5.86. The highest BCUT2D eigenvalue weighted by atomic mass is 16.5. The molecule has 1 heterocycles. The third-order valence-corrected chi connectivity index (χ3v) is 1.22. The molecule has 0 bridgehead atoms. The van der Waals surface area contributed by atoms with Gasteiger partial charge in [0.15, 0.2) is 0 Å². The fourth-order valence-electron chi connectivity index (χ4n) is 0.698. The first-order chi connectivity index (χ1) is 6.09. The summed E-state index contributed by atoms with van der Waals surface area (Å²) in [7, 11) is 0. The van der Waals surface area contributed by atoms with E-state index in [9.17, 15) is 4.79 Å². The van der Waals surface area contributed by atoms with Crippen LogP contribution in [-0.2, 0) is 0 Å². The zero-order valence-electron chi connectivity index (χ0n) is 7.39. The summed E-state index contributed by atoms with van der Waals surface area (Å²) in [5, 5.41) is 8.54. The largest absolute Gasteiger partial charge is 0.478 e. The lowest BCUT2D eigenvalue weighted by atomic mass is 10.4. The molecule has 0 saturated heterocycles. The Morgan fingerprint density at radius 1 is 1.46 bits per heavy atom. The predicted octanol–water partition coefficient (Wildman–Crippen LogP) is 0.962. The van der Waals surface area contributed by atoms with Crippen LogP contribution in [0.25, 0.3) is 0 Å². The van der Waals surface area contributed by atoms with Crippen LogP contribution in [0.1, 0.15) is 24.2 Å². The summed E-state index contributed by atoms with van der Waals surface area (Å²) in [6, 6.07) is 0.194. The number of carbonyl (C=O) groups is 1. The first kappa shape index (κ1) is 9.44. The molecule has 0 fully saturated rings. The number of aromatic carboxylic acids is 1. The molecule has 5 heteroatoms. The highest BCUT2D eigenvalue weighted by Gasteiger charge is 2.05. The Hall–Kier alpha value is -1.65. The van der Waals surface area contributed by atoms with Crippen molar-refractivity contribution in [2.24, 2.45) is 0 Å². The molecule has 0 aliphatic heterocycles. The molecule has 5 nitrogen and oxygen atoms in total. The maximum atomic E-state index is 10.4. The highest BCUT2D eigenvalue weighted by Crippen LogP contribution is 2.04. The molecule has 1 aromatic heterocycles. The predicted molar refractivity (Wildman–Crippen MR) is 44.8 cm³/mol. The van der Waals surface area contributed by atoms with E-state index in [0.717, 1.165) is 0 Å². The number of hydrogen-bond donors (Lipinski definition) is 1. The van der Waals surface area contributed by atoms with Gasteiger partial charge in [-0.25, -0.2) is 14.8 Å². The minimum absolute atomic E-state index is 0.0179. The standard InChI is InChI=1S/C8H10N2O3/c1-5(2)13-8-9-3-6(4-10-8)7(11)12/h3-5H,1-2H3,(H,11,12). The zero-order valence-corrected chi connectivity index (χ0v) is 7.39. The summed E-state index contributed by atoms with van der Waals surface area (Å²) in [5.41, 5.74) is 0.0520. The van der Waals surface area contributed by atoms with Crippen LogP contribution in [0.3, 0.4) is 0 Å². The molecule has 1 N–H and O–H groups in total. The molecule has 0 spiro atoms. The van der Waals surface area contributed by atoms with Crippen molar-refractivity contribution < 1.29 is 14.6 Å². The Labute approximate surface area is 75.4 Å². The van der Waals surface area contributed by atoms with Gasteiger partial charge in [0.05, 0.1) is 11.7 Å². The molecule has 0 atom stereocenters. The fraction of sp³-hybridized carbons (Fsp3) is 0.375. The molecule has 0 aliphatic carbocycles. The van der Waals surface area contributed by atoms with Crippen molar-refractivity contribution >= 4 is 5.97 Å². The SMILES string of the molecule is CC(C)Oc1ncc(C(=O)O)cn1. The van der Waals surface area contributed by atoms with E-state index < -0.39 is 5.97 Å². The number of aromatic nitrogens is 2. The monoisotopic (exact) mass is 182 g/mol. The minimum atomic E-state index is -1.05. The van der Waals surface area contributed by atoms with E-state index >= 15 is 0 Å². The molecule has 0 amide bonds. The second-order valence-corrected chi connectivity index (χ2v) is 2.73. The van der Waals surface area contributed by atoms with Crippen molar-refractivity contribution in [2.75, 3.05) is 0 Å². The van der Waals surface area contributed by atoms with Gasteiger partial charge in [-0.2, -0.15) is 0 Å². The summed E-state index contributed by atoms with van der Waals surface area (Å²) in [5.74, 6) is -1.05. The number of carboxylic acid groups (broad SMARTS) is 1. The molecule has 0 radical (unpaired) electrons. The van der Waals surface area contributed by atoms with Gasteiger partial charge in [0, 0.05) is 12.4 Å². The van der Waals surface area contributed by atoms with Crippen molar-refractivity contribution in [1.29, 1.82) is 0 Å². The van der Waals surface area contributed by atoms with E-state index in [1.807, 2.05) is 13.8 Å². The van der Waals surface area contributed by atoms with Crippen LogP contribution in [0.2, 0.25) is 0 Å². The van der Waals surface area contributed by atoms with Crippen LogP contribution in [0, 0.1) is 0 Å². The first-order valence-corrected chi connectivity index (χ1v) is 3.81. The van der Waals surface area contributed by atoms with Gasteiger partial charge in [0.25, 0.3) is 0 Å². The molecular weight excluding hydrogens is 172 g/mol. The van der Waals surface area contributed by atoms with Gasteiger partial charge >= 0.3 is 12.0 Å². The lowest BCUT2D eigenvalue weighted by molar-refractivity contribution is 0.0695. The lowest BCUT2D eigenvalue weighted by Crippen LogP contribution is -2.09. The van der Waals surface area contributed by atoms with E-state index in [4.69, 9.17) is 9.84 Å². The summed E-state index contributed by atoms with van der Waals surface area (Å²) in [4.78, 5) is 17.9. The Bertz CT molecular complexity index is 295. The maximum absolute atomic E-state index is 10.4. The van der Waals surface area contributed by atoms with Crippen LogP contribution < -0.4 is 4.74 Å². The van der Waals surface area contributed by atoms with Crippen molar-refractivity contribution in [3.63, 3.8) is 0 Å². The van der Waals surface area contributed by atoms with Gasteiger partial charge in [-0.05, 0) is 13.8 Å². The molecule has 0 saturated carbocycles. The Balaban J connectivity index is 2.75. The second-order valence-electron chi connectivity index (χ2n) is 2.73. The number of carboxylic acids is 1. The van der Waals surface area contributed by atoms with E-state index in [1.54, 1.807) is 0 Å². The lowest BCUT2D eigenvalue weighted by Gasteiger charge is -2.06. The summed E-state index contributed by atoms with van der Waals surface area (Å²) >= 11 is 0. The number of hydrogen-bond acceptors (Lipinski definition) is 4. The first-order valence-electron chi connectivity index (χ1n) is 3.81. The van der Waals surface area contributed by atoms with Crippen molar-refractivity contribution in [3.8, 4) is 6.01 Å². The average Bonchev–Trinajstić information content (AvgIpc) is 2.04. The minimum Gasteiger partial charge on any atom is -0.478 e. The maximum Gasteiger partial charge on any atom is 0.338 e. The summed E-state index contributed by atoms with van der Waals surface area (Å²) in [6.45, 7) is 3.68. The number of nitrogens with zero attached hydrogens (tertiary/aromatic N) is 2. The van der Waals surface area contributed by atoms with E-state index in [-0.39, 0.29) is 17.7 Å². The Kier molecular flexibility index (Phi) is 2.79. The molecule has 1 aromatic rings. The van der Waals surface area contributed by atoms with Gasteiger partial charge in [-0.3, -0.25) is 0 Å². The third-order valence-electron chi connectivity index (χ3n) is 1.22. The number of ether oxygens (including phenoxy) is 1. The smallest absolute Gasteiger partial charge is 0.338 e. The van der Waals surface area contributed by atoms with E-state index in [2.05, 4.69) is 9.97 Å². The Morgan fingerprint density at radius 3 is 2.38 bits per heavy atom. The molecular formula is C8H10N2O3. The molecule has 1 rings (SSSR count). The second kappa shape index (κ2) is 3.84. The van der Waals surface area contributed by atoms with E-state index in [1.165, 1.54) is 12.4 Å². The average molecular weight is 182 g/mol. The van der Waals surface area contributed by atoms with Gasteiger partial charge in [0.1, 0.15) is 0 Å². The van der Waals surface area contributed by atoms with Crippen molar-refractivity contribution in [3.05, 3.63) is 18.0 Å². The molecule has 0 unspecified atom stereocenters. The molecule has 13 heavy (non-hydrogen) atoms. The van der Waals surface area contributed by atoms with E-state index in [0.29, 0.717) is 0 Å². The number of rotatable bonds is 3. The van der Waals surface area contributed by atoms with Gasteiger partial charge in [-0.1, -0.05) is 0 Å². The van der Waals surface area contributed by atoms with Crippen LogP contribution in [0.5, 0.6) is 6.01 Å². The molecule has 0 aliphatic rings. The topological polar surface area (TPSA) is 72.3 Å². The van der Waals surface area contributed by atoms with Crippen molar-refractivity contribution in [1.82, 2.24) is 9.97 Å². The van der Waals surface area contributed by atoms with Gasteiger partial charge < -0.3 is 9.84 Å². The summed E-state index contributed by atoms with van der Waals surface area (Å²) in [6.07, 6.45) is 2.41. The van der Waals surface area contributed by atoms with Crippen molar-refractivity contribution in [2.45, 2.75) is 20.0 Å². The van der Waals surface area contributed by atoms with Crippen LogP contribution in [0.15, 0.2) is 12.4 Å². The summed E-state index contributed by atoms with van der Waals surface area (Å²) < 4.78 is 5.13. The normalized spacial score (nSPS) is 10.1. The molecule has 70 valence electrons. The van der Waals surface area contributed by atoms with Crippen LogP contribution in [-0.4, -0.2) is 27.1 Å². The van der Waals surface area contributed by atoms with Crippen LogP contribution >= 0.6 is 0 Å². The zero-order chi connectivity index (χ0) is 9.84. The quantitative estimate of drug-likeness (QED) is 0.753. The Morgan fingerprint density at radius 2 is 2.00 bits per heavy atom. The molecule has 0 aromatic carbocycles. The van der Waals surface area contributed by atoms with Gasteiger partial charge in [-0.15, -0.1) is 0 Å². The third kappa shape index (κ3) is 2.70. The van der Waals surface area contributed by atoms with Gasteiger partial charge in [0.2, 0.25) is 0 Å². The fourth-order valence-corrected chi connectivity index (χ4v) is 0.698.